The van der Waals surface area contributed by atoms with Gasteiger partial charge >= 0.3 is 5.97 Å². The van der Waals surface area contributed by atoms with Crippen LogP contribution in [0.5, 0.6) is 0 Å². The van der Waals surface area contributed by atoms with Crippen LogP contribution in [0.2, 0.25) is 0 Å². The largest absolute Gasteiger partial charge is 0.368 e. The van der Waals surface area contributed by atoms with Crippen LogP contribution in [0.25, 0.3) is 0 Å². The van der Waals surface area contributed by atoms with Crippen molar-refractivity contribution in [1.82, 2.24) is 0 Å². The van der Waals surface area contributed by atoms with Crippen molar-refractivity contribution in [3.05, 3.63) is 11.0 Å². The molecular formula is C6H7NO2S. The van der Waals surface area contributed by atoms with Gasteiger partial charge in [0.15, 0.2) is 0 Å². The molecular weight excluding hydrogens is 150 g/mol. The van der Waals surface area contributed by atoms with Crippen molar-refractivity contribution >= 4 is 23.4 Å². The summed E-state index contributed by atoms with van der Waals surface area (Å²) in [5.41, 5.74) is 1.21. The highest BCUT2D eigenvalue weighted by Crippen LogP contribution is 2.13. The second-order valence-electron chi connectivity index (χ2n) is 1.82. The summed E-state index contributed by atoms with van der Waals surface area (Å²) >= 11 is 1.46. The lowest BCUT2D eigenvalue weighted by Crippen LogP contribution is -2.00. The maximum atomic E-state index is 10.8. The third-order valence-electron chi connectivity index (χ3n) is 1.11. The van der Waals surface area contributed by atoms with E-state index in [1.54, 1.807) is 12.3 Å². The molecule has 1 heterocycles. The summed E-state index contributed by atoms with van der Waals surface area (Å²) in [6.07, 6.45) is 1.88. The van der Waals surface area contributed by atoms with E-state index in [2.05, 4.69) is 9.99 Å². The van der Waals surface area contributed by atoms with Crippen LogP contribution in [-0.2, 0) is 9.63 Å². The van der Waals surface area contributed by atoms with Gasteiger partial charge in [0.1, 0.15) is 0 Å². The van der Waals surface area contributed by atoms with Gasteiger partial charge in [0.25, 0.3) is 0 Å². The monoisotopic (exact) mass is 157 g/mol. The van der Waals surface area contributed by atoms with Gasteiger partial charge in [-0.25, -0.2) is 4.79 Å². The van der Waals surface area contributed by atoms with E-state index in [0.717, 1.165) is 0 Å². The third-order valence-corrected chi connectivity index (χ3v) is 1.58. The van der Waals surface area contributed by atoms with Crippen LogP contribution in [0, 0.1) is 0 Å². The molecule has 0 atom stereocenters. The zero-order valence-corrected chi connectivity index (χ0v) is 6.57. The molecule has 10 heavy (non-hydrogen) atoms. The van der Waals surface area contributed by atoms with Crippen molar-refractivity contribution in [1.29, 1.82) is 0 Å². The molecule has 1 aliphatic heterocycles. The zero-order chi connectivity index (χ0) is 7.56. The van der Waals surface area contributed by atoms with Crippen LogP contribution >= 0.6 is 11.8 Å². The Morgan fingerprint density at radius 2 is 2.40 bits per heavy atom. The molecule has 0 aliphatic carbocycles. The second kappa shape index (κ2) is 2.88. The Hall–Kier alpha value is -0.770. The van der Waals surface area contributed by atoms with E-state index in [0.29, 0.717) is 11.3 Å². The molecule has 0 unspecified atom stereocenters. The van der Waals surface area contributed by atoms with Crippen molar-refractivity contribution in [3.63, 3.8) is 0 Å². The molecule has 0 radical (unpaired) electrons. The predicted molar refractivity (Wildman–Crippen MR) is 40.8 cm³/mol. The van der Waals surface area contributed by atoms with Crippen LogP contribution in [0.3, 0.4) is 0 Å². The standard InChI is InChI=1S/C6H7NO2S/c1-4-5(3-10-2)6(8)9-7-4/h3H,1-2H3. The van der Waals surface area contributed by atoms with Gasteiger partial charge in [-0.1, -0.05) is 5.16 Å². The summed E-state index contributed by atoms with van der Waals surface area (Å²) < 4.78 is 0. The van der Waals surface area contributed by atoms with Crippen LogP contribution in [-0.4, -0.2) is 17.9 Å². The molecule has 0 aromatic carbocycles. The first kappa shape index (κ1) is 7.34. The average molecular weight is 157 g/mol. The fraction of sp³-hybridized carbons (Fsp3) is 0.333. The topological polar surface area (TPSA) is 38.7 Å². The summed E-state index contributed by atoms with van der Waals surface area (Å²) in [5, 5.41) is 5.23. The molecule has 1 rings (SSSR count). The first-order valence-corrected chi connectivity index (χ1v) is 4.03. The highest BCUT2D eigenvalue weighted by atomic mass is 32.2. The number of hydrogen-bond acceptors (Lipinski definition) is 4. The number of rotatable bonds is 1. The fourth-order valence-electron chi connectivity index (χ4n) is 0.607. The van der Waals surface area contributed by atoms with Crippen molar-refractivity contribution in [2.45, 2.75) is 6.92 Å². The Balaban J connectivity index is 2.84. The lowest BCUT2D eigenvalue weighted by molar-refractivity contribution is -0.136. The van der Waals surface area contributed by atoms with Gasteiger partial charge in [0.05, 0.1) is 11.3 Å². The van der Waals surface area contributed by atoms with E-state index < -0.39 is 0 Å². The highest BCUT2D eigenvalue weighted by molar-refractivity contribution is 8.01. The molecule has 1 aliphatic rings. The van der Waals surface area contributed by atoms with E-state index in [1.807, 2.05) is 6.26 Å². The summed E-state index contributed by atoms with van der Waals surface area (Å²) in [4.78, 5) is 15.2. The molecule has 0 N–H and O–H groups in total. The van der Waals surface area contributed by atoms with Crippen molar-refractivity contribution < 1.29 is 9.63 Å². The summed E-state index contributed by atoms with van der Waals surface area (Å²) in [6.45, 7) is 1.74. The van der Waals surface area contributed by atoms with Crippen LogP contribution in [0.1, 0.15) is 6.92 Å². The summed E-state index contributed by atoms with van der Waals surface area (Å²) in [7, 11) is 0. The Morgan fingerprint density at radius 1 is 1.70 bits per heavy atom. The van der Waals surface area contributed by atoms with Gasteiger partial charge < -0.3 is 4.84 Å². The van der Waals surface area contributed by atoms with Gasteiger partial charge in [-0.3, -0.25) is 0 Å². The number of oxime groups is 1. The van der Waals surface area contributed by atoms with Crippen LogP contribution in [0.15, 0.2) is 16.1 Å². The number of thioether (sulfide) groups is 1. The number of nitrogens with zero attached hydrogens (tertiary/aromatic N) is 1. The lowest BCUT2D eigenvalue weighted by Gasteiger charge is -1.87. The molecule has 0 fully saturated rings. The second-order valence-corrected chi connectivity index (χ2v) is 2.53. The fourth-order valence-corrected chi connectivity index (χ4v) is 1.11. The number of carbonyl (C=O) groups excluding carboxylic acids is 1. The van der Waals surface area contributed by atoms with E-state index in [-0.39, 0.29) is 5.97 Å². The zero-order valence-electron chi connectivity index (χ0n) is 5.75. The van der Waals surface area contributed by atoms with Crippen molar-refractivity contribution in [2.24, 2.45) is 5.16 Å². The first-order chi connectivity index (χ1) is 4.75. The Bertz CT molecular complexity index is 220. The van der Waals surface area contributed by atoms with E-state index in [1.165, 1.54) is 11.8 Å². The molecule has 0 saturated heterocycles. The van der Waals surface area contributed by atoms with E-state index in [9.17, 15) is 4.79 Å². The van der Waals surface area contributed by atoms with Crippen molar-refractivity contribution in [2.75, 3.05) is 6.26 Å². The summed E-state index contributed by atoms with van der Waals surface area (Å²) in [5.74, 6) is -0.355. The molecule has 3 nitrogen and oxygen atoms in total. The Kier molecular flexibility index (Phi) is 2.11. The highest BCUT2D eigenvalue weighted by Gasteiger charge is 2.20. The van der Waals surface area contributed by atoms with Crippen LogP contribution < -0.4 is 0 Å². The molecule has 0 bridgehead atoms. The normalized spacial score (nSPS) is 21.2. The molecule has 0 amide bonds. The minimum atomic E-state index is -0.355. The maximum Gasteiger partial charge on any atom is 0.368 e. The van der Waals surface area contributed by atoms with Gasteiger partial charge in [-0.15, -0.1) is 11.8 Å². The van der Waals surface area contributed by atoms with Crippen molar-refractivity contribution in [3.8, 4) is 0 Å². The third kappa shape index (κ3) is 1.21. The SMILES string of the molecule is CSC=C1C(=O)ON=C1C. The number of hydrogen-bond donors (Lipinski definition) is 0. The minimum absolute atomic E-state index is 0.355. The first-order valence-electron chi connectivity index (χ1n) is 2.75. The van der Waals surface area contributed by atoms with E-state index >= 15 is 0 Å². The van der Waals surface area contributed by atoms with Gasteiger partial charge in [-0.05, 0) is 18.6 Å². The predicted octanol–water partition coefficient (Wildman–Crippen LogP) is 1.17. The maximum absolute atomic E-state index is 10.8. The Labute approximate surface area is 63.1 Å². The molecule has 0 saturated carbocycles. The van der Waals surface area contributed by atoms with E-state index in [4.69, 9.17) is 0 Å². The lowest BCUT2D eigenvalue weighted by atomic mass is 10.2. The average Bonchev–Trinajstić information content (AvgIpc) is 2.20. The molecule has 0 spiro atoms. The minimum Gasteiger partial charge on any atom is -0.312 e. The molecule has 0 aromatic heterocycles. The van der Waals surface area contributed by atoms with Crippen LogP contribution in [0.4, 0.5) is 0 Å². The van der Waals surface area contributed by atoms with Gasteiger partial charge in [0, 0.05) is 0 Å². The smallest absolute Gasteiger partial charge is 0.312 e. The van der Waals surface area contributed by atoms with Gasteiger partial charge in [0.2, 0.25) is 0 Å². The van der Waals surface area contributed by atoms with Gasteiger partial charge in [-0.2, -0.15) is 0 Å². The quantitative estimate of drug-likeness (QED) is 0.423. The molecule has 54 valence electrons. The Morgan fingerprint density at radius 3 is 2.80 bits per heavy atom. The molecule has 4 heteroatoms. The molecule has 0 aromatic rings. The number of carbonyl (C=O) groups is 1. The summed E-state index contributed by atoms with van der Waals surface area (Å²) in [6, 6.07) is 0.